The van der Waals surface area contributed by atoms with Gasteiger partial charge in [0.2, 0.25) is 5.82 Å². The summed E-state index contributed by atoms with van der Waals surface area (Å²) >= 11 is 0. The lowest BCUT2D eigenvalue weighted by molar-refractivity contribution is -0.142. The Kier molecular flexibility index (Phi) is 4.61. The van der Waals surface area contributed by atoms with Gasteiger partial charge in [-0.3, -0.25) is 9.89 Å². The molecular weight excluding hydrogens is 390 g/mol. The number of hydrogen-bond acceptors (Lipinski definition) is 3. The van der Waals surface area contributed by atoms with Crippen molar-refractivity contribution >= 4 is 5.91 Å². The fraction of sp³-hybridized carbons (Fsp3) is 0.118. The van der Waals surface area contributed by atoms with E-state index in [0.29, 0.717) is 18.2 Å². The number of carbonyl (C=O) groups is 1. The Morgan fingerprint density at radius 1 is 0.857 bits per heavy atom. The number of carbonyl (C=O) groups excluding carboxylic acids is 1. The maximum absolute atomic E-state index is 13.5. The van der Waals surface area contributed by atoms with Gasteiger partial charge < -0.3 is 5.73 Å². The topological polar surface area (TPSA) is 84.7 Å². The fourth-order valence-electron chi connectivity index (χ4n) is 2.70. The van der Waals surface area contributed by atoms with Crippen molar-refractivity contribution in [1.29, 1.82) is 0 Å². The molecule has 28 heavy (non-hydrogen) atoms. The van der Waals surface area contributed by atoms with E-state index in [4.69, 9.17) is 5.73 Å². The number of primary amides is 1. The molecule has 0 aliphatic carbocycles. The van der Waals surface area contributed by atoms with Crippen LogP contribution in [0.5, 0.6) is 0 Å². The molecule has 2 aromatic carbocycles. The molecule has 0 unspecified atom stereocenters. The number of nitrogens with two attached hydrogens (primary N) is 1. The van der Waals surface area contributed by atoms with Crippen molar-refractivity contribution in [2.24, 2.45) is 5.73 Å². The van der Waals surface area contributed by atoms with Gasteiger partial charge in [0.25, 0.3) is 5.91 Å². The third-order valence-electron chi connectivity index (χ3n) is 3.83. The third kappa shape index (κ3) is 3.55. The van der Waals surface area contributed by atoms with E-state index in [1.807, 2.05) is 0 Å². The van der Waals surface area contributed by atoms with Crippen LogP contribution in [-0.2, 0) is 12.4 Å². The zero-order chi connectivity index (χ0) is 20.7. The maximum atomic E-state index is 13.5. The number of amides is 1. The number of alkyl halides is 6. The van der Waals surface area contributed by atoms with E-state index in [1.54, 1.807) is 0 Å². The molecule has 0 atom stereocenters. The van der Waals surface area contributed by atoms with Gasteiger partial charge in [0.1, 0.15) is 0 Å². The molecule has 0 radical (unpaired) electrons. The van der Waals surface area contributed by atoms with Gasteiger partial charge in [0.15, 0.2) is 5.82 Å². The summed E-state index contributed by atoms with van der Waals surface area (Å²) < 4.78 is 80.9. The van der Waals surface area contributed by atoms with Crippen LogP contribution in [0.25, 0.3) is 22.5 Å². The molecule has 3 rings (SSSR count). The molecule has 1 amide bonds. The van der Waals surface area contributed by atoms with E-state index in [1.165, 1.54) is 18.2 Å². The Morgan fingerprint density at radius 3 is 1.86 bits per heavy atom. The minimum Gasteiger partial charge on any atom is -0.363 e. The Balaban J connectivity index is 2.35. The summed E-state index contributed by atoms with van der Waals surface area (Å²) in [5.41, 5.74) is 0.556. The molecule has 0 fully saturated rings. The number of hydrogen-bond donors (Lipinski definition) is 2. The molecule has 0 bridgehead atoms. The number of nitrogens with one attached hydrogen (secondary N) is 1. The first kappa shape index (κ1) is 19.4. The average Bonchev–Trinajstić information content (AvgIpc) is 3.10. The van der Waals surface area contributed by atoms with Gasteiger partial charge in [-0.05, 0) is 17.7 Å². The van der Waals surface area contributed by atoms with E-state index in [9.17, 15) is 31.1 Å². The molecule has 3 aromatic rings. The Labute approximate surface area is 153 Å². The molecule has 0 aliphatic rings. The number of H-pyrrole nitrogens is 1. The third-order valence-corrected chi connectivity index (χ3v) is 3.83. The molecule has 146 valence electrons. The Hall–Kier alpha value is -3.37. The summed E-state index contributed by atoms with van der Waals surface area (Å²) in [5.74, 6) is -1.64. The van der Waals surface area contributed by atoms with E-state index in [2.05, 4.69) is 15.2 Å². The second-order valence-electron chi connectivity index (χ2n) is 5.64. The largest absolute Gasteiger partial charge is 0.417 e. The van der Waals surface area contributed by atoms with Crippen LogP contribution in [0.2, 0.25) is 0 Å². The smallest absolute Gasteiger partial charge is 0.363 e. The molecule has 0 saturated heterocycles. The van der Waals surface area contributed by atoms with Crippen molar-refractivity contribution in [3.05, 3.63) is 59.4 Å². The molecule has 3 N–H and O–H groups in total. The maximum Gasteiger partial charge on any atom is 0.417 e. The summed E-state index contributed by atoms with van der Waals surface area (Å²) in [6.07, 6.45) is -10.1. The lowest BCUT2D eigenvalue weighted by Crippen LogP contribution is -2.14. The molecule has 1 heterocycles. The predicted octanol–water partition coefficient (Wildman–Crippen LogP) is 4.28. The van der Waals surface area contributed by atoms with Crippen molar-refractivity contribution in [3.63, 3.8) is 0 Å². The average molecular weight is 400 g/mol. The zero-order valence-corrected chi connectivity index (χ0v) is 13.7. The van der Waals surface area contributed by atoms with Gasteiger partial charge in [-0.25, -0.2) is 4.98 Å². The number of aromatic nitrogens is 3. The number of benzene rings is 2. The summed E-state index contributed by atoms with van der Waals surface area (Å²) in [6, 6.07) is 6.83. The number of rotatable bonds is 3. The van der Waals surface area contributed by atoms with Crippen molar-refractivity contribution < 1.29 is 31.1 Å². The van der Waals surface area contributed by atoms with Crippen LogP contribution in [0.1, 0.15) is 21.7 Å². The molecule has 1 aromatic heterocycles. The van der Waals surface area contributed by atoms with Gasteiger partial charge in [-0.2, -0.15) is 31.4 Å². The van der Waals surface area contributed by atoms with Crippen molar-refractivity contribution in [1.82, 2.24) is 15.2 Å². The highest BCUT2D eigenvalue weighted by Gasteiger charge is 2.41. The van der Waals surface area contributed by atoms with Crippen molar-refractivity contribution in [2.45, 2.75) is 12.4 Å². The van der Waals surface area contributed by atoms with Gasteiger partial charge >= 0.3 is 12.4 Å². The second-order valence-corrected chi connectivity index (χ2v) is 5.64. The SMILES string of the molecule is NC(=O)c1nc(-c2ccccc2-c2c(C(F)(F)F)cccc2C(F)(F)F)n[nH]1. The summed E-state index contributed by atoms with van der Waals surface area (Å²) in [5, 5.41) is 5.87. The van der Waals surface area contributed by atoms with Gasteiger partial charge in [0, 0.05) is 11.1 Å². The van der Waals surface area contributed by atoms with Gasteiger partial charge in [-0.1, -0.05) is 30.3 Å². The predicted molar refractivity (Wildman–Crippen MR) is 85.8 cm³/mol. The van der Waals surface area contributed by atoms with Crippen LogP contribution in [0.3, 0.4) is 0 Å². The minimum absolute atomic E-state index is 0.131. The van der Waals surface area contributed by atoms with Crippen LogP contribution in [0.15, 0.2) is 42.5 Å². The Morgan fingerprint density at radius 2 is 1.39 bits per heavy atom. The van der Waals surface area contributed by atoms with E-state index in [0.717, 1.165) is 6.07 Å². The number of aromatic amines is 1. The monoisotopic (exact) mass is 400 g/mol. The van der Waals surface area contributed by atoms with Gasteiger partial charge in [-0.15, -0.1) is 0 Å². The normalized spacial score (nSPS) is 12.2. The van der Waals surface area contributed by atoms with Crippen LogP contribution in [0, 0.1) is 0 Å². The van der Waals surface area contributed by atoms with Gasteiger partial charge in [0.05, 0.1) is 11.1 Å². The van der Waals surface area contributed by atoms with Crippen molar-refractivity contribution in [3.8, 4) is 22.5 Å². The lowest BCUT2D eigenvalue weighted by Gasteiger charge is -2.20. The Bertz CT molecular complexity index is 1010. The summed E-state index contributed by atoms with van der Waals surface area (Å²) in [4.78, 5) is 14.9. The van der Waals surface area contributed by atoms with Crippen LogP contribution < -0.4 is 5.73 Å². The van der Waals surface area contributed by atoms with Crippen LogP contribution >= 0.6 is 0 Å². The molecule has 11 heteroatoms. The highest BCUT2D eigenvalue weighted by molar-refractivity contribution is 5.90. The molecule has 5 nitrogen and oxygen atoms in total. The minimum atomic E-state index is -5.04. The van der Waals surface area contributed by atoms with Crippen molar-refractivity contribution in [2.75, 3.05) is 0 Å². The summed E-state index contributed by atoms with van der Waals surface area (Å²) in [7, 11) is 0. The van der Waals surface area contributed by atoms with E-state index in [-0.39, 0.29) is 17.2 Å². The highest BCUT2D eigenvalue weighted by atomic mass is 19.4. The fourth-order valence-corrected chi connectivity index (χ4v) is 2.70. The first-order chi connectivity index (χ1) is 13.0. The summed E-state index contributed by atoms with van der Waals surface area (Å²) in [6.45, 7) is 0. The molecule has 0 aliphatic heterocycles. The molecule has 0 spiro atoms. The molecular formula is C17H10F6N4O. The standard InChI is InChI=1S/C17H10F6N4O/c18-16(19,20)10-6-3-7-11(17(21,22)23)12(10)8-4-1-2-5-9(8)14-25-15(13(24)28)27-26-14/h1-7H,(H2,24,28)(H,25,26,27). The number of halogens is 6. The first-order valence-corrected chi connectivity index (χ1v) is 7.59. The first-order valence-electron chi connectivity index (χ1n) is 7.59. The van der Waals surface area contributed by atoms with Crippen LogP contribution in [-0.4, -0.2) is 21.1 Å². The lowest BCUT2D eigenvalue weighted by atomic mass is 9.90. The number of nitrogens with zero attached hydrogens (tertiary/aromatic N) is 2. The molecule has 0 saturated carbocycles. The highest BCUT2D eigenvalue weighted by Crippen LogP contribution is 2.46. The van der Waals surface area contributed by atoms with E-state index < -0.39 is 40.5 Å². The van der Waals surface area contributed by atoms with E-state index >= 15 is 0 Å². The van der Waals surface area contributed by atoms with Crippen LogP contribution in [0.4, 0.5) is 26.3 Å². The zero-order valence-electron chi connectivity index (χ0n) is 13.7. The quantitative estimate of drug-likeness (QED) is 0.644. The second kappa shape index (κ2) is 6.66.